The Kier molecular flexibility index (Phi) is 9.46. The number of carbonyl (C=O) groups excluding carboxylic acids is 1. The molecule has 9 nitrogen and oxygen atoms in total. The van der Waals surface area contributed by atoms with Crippen LogP contribution in [-0.4, -0.2) is 37.6 Å². The molecule has 0 saturated carbocycles. The summed E-state index contributed by atoms with van der Waals surface area (Å²) in [5, 5.41) is 4.73. The fraction of sp³-hybridized carbons (Fsp3) is 0.176. The summed E-state index contributed by atoms with van der Waals surface area (Å²) >= 11 is 0. The Bertz CT molecular complexity index is 1200. The van der Waals surface area contributed by atoms with Crippen molar-refractivity contribution >= 4 is 37.5 Å². The van der Waals surface area contributed by atoms with Crippen molar-refractivity contribution in [1.82, 2.24) is 0 Å². The van der Waals surface area contributed by atoms with E-state index in [4.69, 9.17) is 0 Å². The van der Waals surface area contributed by atoms with E-state index < -0.39 is 41.6 Å². The molecule has 0 spiro atoms. The predicted molar refractivity (Wildman–Crippen MR) is 96.8 cm³/mol. The summed E-state index contributed by atoms with van der Waals surface area (Å²) in [6.07, 6.45) is 0.168. The molecule has 0 bridgehead atoms. The van der Waals surface area contributed by atoms with E-state index in [1.807, 2.05) is 18.2 Å². The van der Waals surface area contributed by atoms with Gasteiger partial charge in [0.15, 0.2) is 0 Å². The van der Waals surface area contributed by atoms with E-state index in [1.165, 1.54) is 6.92 Å². The third-order valence-corrected chi connectivity index (χ3v) is 5.95. The molecule has 2 aromatic rings. The van der Waals surface area contributed by atoms with Crippen LogP contribution in [0, 0.1) is 6.92 Å². The van der Waals surface area contributed by atoms with Gasteiger partial charge < -0.3 is 9.11 Å². The molecule has 0 saturated heterocycles. The molecule has 2 aromatic carbocycles. The van der Waals surface area contributed by atoms with Crippen LogP contribution in [0.5, 0.6) is 0 Å². The van der Waals surface area contributed by atoms with E-state index in [1.54, 1.807) is 12.1 Å². The number of anilines is 1. The predicted octanol–water partition coefficient (Wildman–Crippen LogP) is -4.85. The molecule has 0 aliphatic carbocycles. The number of aryl methyl sites for hydroxylation is 1. The third-order valence-electron chi connectivity index (χ3n) is 4.11. The number of hydrogen-bond donors (Lipinski definition) is 0. The summed E-state index contributed by atoms with van der Waals surface area (Å²) < 4.78 is 69.2. The number of amides is 1. The fourth-order valence-corrected chi connectivity index (χ4v) is 4.32. The van der Waals surface area contributed by atoms with Crippen molar-refractivity contribution in [2.45, 2.75) is 29.6 Å². The van der Waals surface area contributed by atoms with Gasteiger partial charge in [0, 0.05) is 6.42 Å². The van der Waals surface area contributed by atoms with E-state index >= 15 is 0 Å². The molecular formula is C17H14N2Na2O7S2. The summed E-state index contributed by atoms with van der Waals surface area (Å²) in [6.45, 7) is 1.18. The minimum Gasteiger partial charge on any atom is -0.744 e. The Balaban J connectivity index is 0.00000225. The SMILES string of the molecule is Cc1cc(S(=O)(=O)[O-])c(N2N=C(Cc3ccccc3)CC2=O)cc1S(=O)(=O)[O-].[Na+].[Na+]. The van der Waals surface area contributed by atoms with Crippen LogP contribution in [0.4, 0.5) is 5.69 Å². The van der Waals surface area contributed by atoms with Crippen LogP contribution in [0.15, 0.2) is 57.4 Å². The smallest absolute Gasteiger partial charge is 0.744 e. The minimum atomic E-state index is -5.07. The molecule has 1 aliphatic heterocycles. The van der Waals surface area contributed by atoms with Crippen LogP contribution < -0.4 is 64.1 Å². The van der Waals surface area contributed by atoms with Gasteiger partial charge in [-0.3, -0.25) is 4.79 Å². The summed E-state index contributed by atoms with van der Waals surface area (Å²) in [4.78, 5) is 10.8. The van der Waals surface area contributed by atoms with E-state index in [9.17, 15) is 30.7 Å². The Hall–Kier alpha value is -0.600. The first-order chi connectivity index (χ1) is 13.0. The average molecular weight is 468 g/mol. The van der Waals surface area contributed by atoms with Crippen molar-refractivity contribution in [3.63, 3.8) is 0 Å². The first-order valence-corrected chi connectivity index (χ1v) is 10.8. The second-order valence-corrected chi connectivity index (χ2v) is 8.90. The molecule has 148 valence electrons. The molecule has 13 heteroatoms. The molecule has 1 amide bonds. The van der Waals surface area contributed by atoms with Gasteiger partial charge in [0.2, 0.25) is 0 Å². The van der Waals surface area contributed by atoms with Crippen molar-refractivity contribution in [2.75, 3.05) is 5.01 Å². The van der Waals surface area contributed by atoms with Gasteiger partial charge in [0.05, 0.1) is 27.6 Å². The normalized spacial score (nSPS) is 14.0. The molecule has 0 aromatic heterocycles. The Morgan fingerprint density at radius 2 is 1.53 bits per heavy atom. The van der Waals surface area contributed by atoms with Crippen LogP contribution in [-0.2, 0) is 31.5 Å². The maximum Gasteiger partial charge on any atom is 1.00 e. The number of hydrazone groups is 1. The van der Waals surface area contributed by atoms with Crippen LogP contribution in [0.25, 0.3) is 0 Å². The molecule has 1 aliphatic rings. The van der Waals surface area contributed by atoms with Crippen LogP contribution in [0.1, 0.15) is 17.5 Å². The van der Waals surface area contributed by atoms with Crippen LogP contribution in [0.3, 0.4) is 0 Å². The maximum atomic E-state index is 12.4. The van der Waals surface area contributed by atoms with Crippen molar-refractivity contribution in [1.29, 1.82) is 0 Å². The Labute approximate surface area is 218 Å². The van der Waals surface area contributed by atoms with Gasteiger partial charge in [-0.25, -0.2) is 16.8 Å². The standard InChI is InChI=1S/C17H16N2O7S2.2Na/c1-11-7-16(28(24,25)26)14(10-15(11)27(21,22)23)19-17(20)9-13(18-19)8-12-5-3-2-4-6-12;;/h2-7,10H,8-9H2,1H3,(H,21,22,23)(H,24,25,26);;/q;2*+1/p-2. The number of carbonyl (C=O) groups is 1. The van der Waals surface area contributed by atoms with E-state index in [-0.39, 0.29) is 71.1 Å². The molecular weight excluding hydrogens is 454 g/mol. The van der Waals surface area contributed by atoms with Gasteiger partial charge in [-0.1, -0.05) is 30.3 Å². The second-order valence-electron chi connectivity index (χ2n) is 6.20. The topological polar surface area (TPSA) is 147 Å². The van der Waals surface area contributed by atoms with Crippen molar-refractivity contribution < 1.29 is 89.9 Å². The summed E-state index contributed by atoms with van der Waals surface area (Å²) in [7, 11) is -10.0. The number of rotatable bonds is 5. The number of nitrogens with zero attached hydrogens (tertiary/aromatic N) is 2. The van der Waals surface area contributed by atoms with Gasteiger partial charge in [-0.15, -0.1) is 0 Å². The molecule has 0 radical (unpaired) electrons. The Morgan fingerprint density at radius 3 is 2.07 bits per heavy atom. The monoisotopic (exact) mass is 468 g/mol. The zero-order valence-corrected chi connectivity index (χ0v) is 22.2. The van der Waals surface area contributed by atoms with Gasteiger partial charge in [-0.05, 0) is 30.2 Å². The molecule has 3 rings (SSSR count). The zero-order chi connectivity index (χ0) is 20.7. The third kappa shape index (κ3) is 6.22. The van der Waals surface area contributed by atoms with Crippen LogP contribution >= 0.6 is 0 Å². The van der Waals surface area contributed by atoms with Crippen LogP contribution in [0.2, 0.25) is 0 Å². The maximum absolute atomic E-state index is 12.4. The molecule has 0 unspecified atom stereocenters. The fourth-order valence-electron chi connectivity index (χ4n) is 2.89. The van der Waals surface area contributed by atoms with Crippen molar-refractivity contribution in [3.05, 3.63) is 53.6 Å². The number of benzene rings is 2. The average Bonchev–Trinajstić information content (AvgIpc) is 2.94. The quantitative estimate of drug-likeness (QED) is 0.316. The first kappa shape index (κ1) is 27.4. The molecule has 1 heterocycles. The molecule has 0 fully saturated rings. The van der Waals surface area contributed by atoms with E-state index in [2.05, 4.69) is 5.10 Å². The number of hydrogen-bond acceptors (Lipinski definition) is 8. The minimum absolute atomic E-state index is 0. The zero-order valence-electron chi connectivity index (χ0n) is 16.5. The van der Waals surface area contributed by atoms with Gasteiger partial charge in [0.25, 0.3) is 5.91 Å². The Morgan fingerprint density at radius 1 is 0.967 bits per heavy atom. The first-order valence-electron chi connectivity index (χ1n) is 7.96. The largest absolute Gasteiger partial charge is 1.00 e. The summed E-state index contributed by atoms with van der Waals surface area (Å²) in [5.41, 5.74) is 0.494. The van der Waals surface area contributed by atoms with Gasteiger partial charge in [-0.2, -0.15) is 10.1 Å². The van der Waals surface area contributed by atoms with E-state index in [0.29, 0.717) is 23.2 Å². The van der Waals surface area contributed by atoms with Gasteiger partial charge in [0.1, 0.15) is 20.2 Å². The summed E-state index contributed by atoms with van der Waals surface area (Å²) in [5.74, 6) is -0.645. The van der Waals surface area contributed by atoms with Gasteiger partial charge >= 0.3 is 59.1 Å². The van der Waals surface area contributed by atoms with E-state index in [0.717, 1.165) is 11.6 Å². The second kappa shape index (κ2) is 10.3. The molecule has 30 heavy (non-hydrogen) atoms. The van der Waals surface area contributed by atoms with Crippen molar-refractivity contribution in [2.24, 2.45) is 5.10 Å². The summed E-state index contributed by atoms with van der Waals surface area (Å²) in [6, 6.07) is 10.5. The molecule has 0 atom stereocenters. The van der Waals surface area contributed by atoms with Crippen molar-refractivity contribution in [3.8, 4) is 0 Å². The molecule has 0 N–H and O–H groups in total.